The molecule has 0 spiro atoms. The molecule has 2 aliphatic rings. The van der Waals surface area contributed by atoms with Crippen LogP contribution in [0.1, 0.15) is 36.8 Å². The monoisotopic (exact) mass is 409 g/mol. The van der Waals surface area contributed by atoms with E-state index in [1.807, 2.05) is 0 Å². The number of benzene rings is 1. The second-order valence-corrected chi connectivity index (χ2v) is 7.23. The average molecular weight is 409 g/mol. The number of likely N-dealkylation sites (tertiary alicyclic amines) is 2. The Morgan fingerprint density at radius 2 is 1.36 bits per heavy atom. The fourth-order valence-corrected chi connectivity index (χ4v) is 3.54. The van der Waals surface area contributed by atoms with Gasteiger partial charge in [-0.2, -0.15) is 26.3 Å². The molecule has 0 radical (unpaired) electrons. The number of carbonyl (C=O) groups is 1. The van der Waals surface area contributed by atoms with Gasteiger partial charge in [-0.15, -0.1) is 0 Å². The first-order chi connectivity index (χ1) is 13.0. The van der Waals surface area contributed by atoms with E-state index in [-0.39, 0.29) is 12.1 Å². The lowest BCUT2D eigenvalue weighted by Crippen LogP contribution is -2.62. The molecular weight excluding hydrogens is 388 g/mol. The van der Waals surface area contributed by atoms with Crippen LogP contribution in [0.2, 0.25) is 0 Å². The van der Waals surface area contributed by atoms with E-state index in [1.54, 1.807) is 0 Å². The molecule has 28 heavy (non-hydrogen) atoms. The van der Waals surface area contributed by atoms with Gasteiger partial charge in [-0.25, -0.2) is 4.79 Å². The second-order valence-electron chi connectivity index (χ2n) is 7.23. The van der Waals surface area contributed by atoms with Gasteiger partial charge in [-0.05, 0) is 44.1 Å². The molecule has 2 heterocycles. The van der Waals surface area contributed by atoms with E-state index in [2.05, 4.69) is 10.2 Å². The van der Waals surface area contributed by atoms with Crippen LogP contribution in [0, 0.1) is 0 Å². The molecule has 0 bridgehead atoms. The zero-order valence-electron chi connectivity index (χ0n) is 15.0. The molecule has 0 saturated carbocycles. The van der Waals surface area contributed by atoms with Gasteiger partial charge in [0.1, 0.15) is 0 Å². The number of hydrogen-bond donors (Lipinski definition) is 1. The number of alkyl halides is 6. The zero-order chi connectivity index (χ0) is 20.5. The number of amides is 2. The van der Waals surface area contributed by atoms with Crippen molar-refractivity contribution in [1.82, 2.24) is 9.80 Å². The molecule has 0 atom stereocenters. The van der Waals surface area contributed by atoms with Crippen LogP contribution in [0.15, 0.2) is 18.2 Å². The van der Waals surface area contributed by atoms with E-state index in [1.165, 1.54) is 17.7 Å². The number of halogens is 6. The molecule has 4 nitrogen and oxygen atoms in total. The highest BCUT2D eigenvalue weighted by molar-refractivity contribution is 5.90. The molecular formula is C18H21F6N3O. The summed E-state index contributed by atoms with van der Waals surface area (Å²) < 4.78 is 77.4. The number of anilines is 1. The number of nitrogens with zero attached hydrogens (tertiary/aromatic N) is 2. The lowest BCUT2D eigenvalue weighted by atomic mass is 10.1. The maximum Gasteiger partial charge on any atom is 0.416 e. The van der Waals surface area contributed by atoms with Gasteiger partial charge in [-0.3, -0.25) is 4.90 Å². The van der Waals surface area contributed by atoms with Crippen LogP contribution in [0.25, 0.3) is 0 Å². The predicted octanol–water partition coefficient (Wildman–Crippen LogP) is 4.82. The summed E-state index contributed by atoms with van der Waals surface area (Å²) in [6.45, 7) is 2.72. The van der Waals surface area contributed by atoms with Crippen LogP contribution in [-0.4, -0.2) is 48.1 Å². The Morgan fingerprint density at radius 3 is 1.82 bits per heavy atom. The molecule has 1 aromatic carbocycles. The quantitative estimate of drug-likeness (QED) is 0.712. The molecule has 10 heteroatoms. The number of rotatable bonds is 2. The zero-order valence-corrected chi connectivity index (χ0v) is 15.0. The van der Waals surface area contributed by atoms with Crippen molar-refractivity contribution in [2.45, 2.75) is 44.1 Å². The van der Waals surface area contributed by atoms with E-state index in [0.717, 1.165) is 25.9 Å². The van der Waals surface area contributed by atoms with Gasteiger partial charge in [0, 0.05) is 24.8 Å². The number of nitrogens with one attached hydrogen (secondary N) is 1. The van der Waals surface area contributed by atoms with Crippen molar-refractivity contribution in [2.75, 3.05) is 31.5 Å². The van der Waals surface area contributed by atoms with Crippen molar-refractivity contribution in [3.8, 4) is 0 Å². The molecule has 2 aliphatic heterocycles. The molecule has 0 aromatic heterocycles. The molecule has 3 rings (SSSR count). The lowest BCUT2D eigenvalue weighted by molar-refractivity contribution is -0.143. The summed E-state index contributed by atoms with van der Waals surface area (Å²) in [4.78, 5) is 15.9. The van der Waals surface area contributed by atoms with Crippen molar-refractivity contribution >= 4 is 11.7 Å². The van der Waals surface area contributed by atoms with Crippen molar-refractivity contribution in [3.63, 3.8) is 0 Å². The van der Waals surface area contributed by atoms with Crippen LogP contribution >= 0.6 is 0 Å². The topological polar surface area (TPSA) is 35.6 Å². The van der Waals surface area contributed by atoms with E-state index in [9.17, 15) is 31.1 Å². The molecule has 1 N–H and O–H groups in total. The van der Waals surface area contributed by atoms with Gasteiger partial charge >= 0.3 is 18.4 Å². The van der Waals surface area contributed by atoms with Crippen molar-refractivity contribution in [1.29, 1.82) is 0 Å². The van der Waals surface area contributed by atoms with Crippen LogP contribution in [0.3, 0.4) is 0 Å². The summed E-state index contributed by atoms with van der Waals surface area (Å²) in [5, 5.41) is 2.17. The minimum absolute atomic E-state index is 0.0364. The fraction of sp³-hybridized carbons (Fsp3) is 0.611. The van der Waals surface area contributed by atoms with Gasteiger partial charge in [0.25, 0.3) is 0 Å². The Bertz CT molecular complexity index is 672. The first-order valence-corrected chi connectivity index (χ1v) is 9.13. The van der Waals surface area contributed by atoms with Crippen molar-refractivity contribution in [3.05, 3.63) is 29.3 Å². The SMILES string of the molecule is O=C(Nc1cc(C(F)(F)F)cc(C(F)(F)F)c1)N1CC(N2CCCCCC2)C1. The minimum Gasteiger partial charge on any atom is -0.321 e. The van der Waals surface area contributed by atoms with Gasteiger partial charge in [0.05, 0.1) is 11.1 Å². The smallest absolute Gasteiger partial charge is 0.321 e. The Hall–Kier alpha value is -1.97. The molecule has 0 aliphatic carbocycles. The first-order valence-electron chi connectivity index (χ1n) is 9.13. The van der Waals surface area contributed by atoms with Crippen LogP contribution < -0.4 is 5.32 Å². The number of hydrogen-bond acceptors (Lipinski definition) is 2. The number of carbonyl (C=O) groups excluding carboxylic acids is 1. The normalized spacial score (nSPS) is 19.9. The maximum atomic E-state index is 12.9. The van der Waals surface area contributed by atoms with Crippen molar-refractivity contribution < 1.29 is 31.1 Å². The third-order valence-corrected chi connectivity index (χ3v) is 5.15. The highest BCUT2D eigenvalue weighted by atomic mass is 19.4. The van der Waals surface area contributed by atoms with E-state index < -0.39 is 35.2 Å². The average Bonchev–Trinajstić information content (AvgIpc) is 2.80. The molecule has 2 amide bonds. The largest absolute Gasteiger partial charge is 0.416 e. The van der Waals surface area contributed by atoms with Crippen LogP contribution in [0.4, 0.5) is 36.8 Å². The fourth-order valence-electron chi connectivity index (χ4n) is 3.54. The second kappa shape index (κ2) is 7.81. The number of urea groups is 1. The maximum absolute atomic E-state index is 12.9. The Morgan fingerprint density at radius 1 is 0.857 bits per heavy atom. The van der Waals surface area contributed by atoms with E-state index in [4.69, 9.17) is 0 Å². The van der Waals surface area contributed by atoms with Gasteiger partial charge in [-0.1, -0.05) is 12.8 Å². The predicted molar refractivity (Wildman–Crippen MR) is 90.9 cm³/mol. The third-order valence-electron chi connectivity index (χ3n) is 5.15. The molecule has 156 valence electrons. The Balaban J connectivity index is 1.65. The van der Waals surface area contributed by atoms with Crippen LogP contribution in [0.5, 0.6) is 0 Å². The summed E-state index contributed by atoms with van der Waals surface area (Å²) >= 11 is 0. The highest BCUT2D eigenvalue weighted by Crippen LogP contribution is 2.37. The van der Waals surface area contributed by atoms with Gasteiger partial charge < -0.3 is 10.2 Å². The molecule has 2 fully saturated rings. The van der Waals surface area contributed by atoms with Gasteiger partial charge in [0.2, 0.25) is 0 Å². The summed E-state index contributed by atoms with van der Waals surface area (Å²) in [5.41, 5.74) is -3.43. The molecule has 1 aromatic rings. The Labute approximate surface area is 158 Å². The Kier molecular flexibility index (Phi) is 5.79. The van der Waals surface area contributed by atoms with E-state index in [0.29, 0.717) is 25.2 Å². The molecule has 0 unspecified atom stereocenters. The lowest BCUT2D eigenvalue weighted by Gasteiger charge is -2.45. The van der Waals surface area contributed by atoms with Crippen molar-refractivity contribution in [2.24, 2.45) is 0 Å². The highest BCUT2D eigenvalue weighted by Gasteiger charge is 2.38. The summed E-state index contributed by atoms with van der Waals surface area (Å²) in [6.07, 6.45) is -5.37. The van der Waals surface area contributed by atoms with Crippen LogP contribution in [-0.2, 0) is 12.4 Å². The molecule has 2 saturated heterocycles. The summed E-state index contributed by atoms with van der Waals surface area (Å²) in [5.74, 6) is 0. The summed E-state index contributed by atoms with van der Waals surface area (Å²) in [6, 6.07) is 0.558. The van der Waals surface area contributed by atoms with E-state index >= 15 is 0 Å². The minimum atomic E-state index is -4.95. The first kappa shape index (κ1) is 20.8. The summed E-state index contributed by atoms with van der Waals surface area (Å²) in [7, 11) is 0. The third kappa shape index (κ3) is 4.89. The standard InChI is InChI=1S/C18H21F6N3O/c19-17(20,21)12-7-13(18(22,23)24)9-14(8-12)25-16(28)27-10-15(11-27)26-5-3-1-2-4-6-26/h7-9,15H,1-6,10-11H2,(H,25,28). The van der Waals surface area contributed by atoms with Gasteiger partial charge in [0.15, 0.2) is 0 Å².